The molecule has 4 nitrogen and oxygen atoms in total. The maximum absolute atomic E-state index is 12.4. The van der Waals surface area contributed by atoms with E-state index in [1.54, 1.807) is 0 Å². The first kappa shape index (κ1) is 17.5. The molecular weight excluding hydrogens is 290 g/mol. The number of ether oxygens (including phenoxy) is 1. The molecule has 1 aromatic carbocycles. The van der Waals surface area contributed by atoms with Crippen LogP contribution < -0.4 is 5.32 Å². The Balaban J connectivity index is 1.98. The molecule has 0 atom stereocenters. The predicted octanol–water partition coefficient (Wildman–Crippen LogP) is 3.23. The van der Waals surface area contributed by atoms with Crippen molar-refractivity contribution in [1.29, 1.82) is 0 Å². The summed E-state index contributed by atoms with van der Waals surface area (Å²) in [5.41, 5.74) is 2.80. The standard InChI is InChI=1S/C19H27NO3/c1-14-7-8-16(15(2)13-14)9-10-17(21)20-19(18(22)23-3)11-5-4-6-12-19/h7-8,13H,4-6,9-12H2,1-3H3,(H,20,21). The maximum atomic E-state index is 12.4. The Bertz CT molecular complexity index is 574. The van der Waals surface area contributed by atoms with Crippen LogP contribution >= 0.6 is 0 Å². The summed E-state index contributed by atoms with van der Waals surface area (Å²) in [6.07, 6.45) is 5.44. The van der Waals surface area contributed by atoms with Gasteiger partial charge in [-0.2, -0.15) is 0 Å². The molecule has 1 saturated carbocycles. The highest BCUT2D eigenvalue weighted by Gasteiger charge is 2.41. The van der Waals surface area contributed by atoms with Crippen LogP contribution in [0.5, 0.6) is 0 Å². The predicted molar refractivity (Wildman–Crippen MR) is 90.2 cm³/mol. The molecule has 23 heavy (non-hydrogen) atoms. The van der Waals surface area contributed by atoms with Gasteiger partial charge in [-0.15, -0.1) is 0 Å². The number of rotatable bonds is 5. The van der Waals surface area contributed by atoms with Crippen molar-refractivity contribution in [2.24, 2.45) is 0 Å². The van der Waals surface area contributed by atoms with Gasteiger partial charge >= 0.3 is 5.97 Å². The second-order valence-electron chi connectivity index (χ2n) is 6.61. The summed E-state index contributed by atoms with van der Waals surface area (Å²) in [6.45, 7) is 4.13. The molecule has 0 aliphatic heterocycles. The lowest BCUT2D eigenvalue weighted by Crippen LogP contribution is -2.56. The van der Waals surface area contributed by atoms with Crippen LogP contribution in [0.15, 0.2) is 18.2 Å². The third-order valence-electron chi connectivity index (χ3n) is 4.78. The van der Waals surface area contributed by atoms with Crippen LogP contribution in [0, 0.1) is 13.8 Å². The molecule has 0 heterocycles. The average molecular weight is 317 g/mol. The van der Waals surface area contributed by atoms with E-state index in [-0.39, 0.29) is 11.9 Å². The van der Waals surface area contributed by atoms with E-state index in [4.69, 9.17) is 4.74 Å². The minimum Gasteiger partial charge on any atom is -0.467 e. The third-order valence-corrected chi connectivity index (χ3v) is 4.78. The van der Waals surface area contributed by atoms with Crippen molar-refractivity contribution in [3.63, 3.8) is 0 Å². The molecule has 0 saturated heterocycles. The van der Waals surface area contributed by atoms with Crippen molar-refractivity contribution in [3.8, 4) is 0 Å². The lowest BCUT2D eigenvalue weighted by atomic mass is 9.81. The summed E-state index contributed by atoms with van der Waals surface area (Å²) in [5.74, 6) is -0.380. The summed E-state index contributed by atoms with van der Waals surface area (Å²) in [6, 6.07) is 6.27. The Morgan fingerprint density at radius 2 is 1.87 bits per heavy atom. The van der Waals surface area contributed by atoms with Crippen molar-refractivity contribution in [2.75, 3.05) is 7.11 Å². The monoisotopic (exact) mass is 317 g/mol. The van der Waals surface area contributed by atoms with Crippen LogP contribution in [-0.4, -0.2) is 24.5 Å². The third kappa shape index (κ3) is 4.34. The number of amides is 1. The lowest BCUT2D eigenvalue weighted by molar-refractivity contribution is -0.152. The number of carbonyl (C=O) groups excluding carboxylic acids is 2. The number of carbonyl (C=O) groups is 2. The Hall–Kier alpha value is -1.84. The number of esters is 1. The van der Waals surface area contributed by atoms with Gasteiger partial charge in [0.15, 0.2) is 0 Å². The molecular formula is C19H27NO3. The number of nitrogens with one attached hydrogen (secondary N) is 1. The maximum Gasteiger partial charge on any atom is 0.331 e. The van der Waals surface area contributed by atoms with Gasteiger partial charge < -0.3 is 10.1 Å². The number of hydrogen-bond donors (Lipinski definition) is 1. The number of aryl methyl sites for hydroxylation is 3. The molecule has 0 unspecified atom stereocenters. The SMILES string of the molecule is COC(=O)C1(NC(=O)CCc2ccc(C)cc2C)CCCCC1. The zero-order valence-electron chi connectivity index (χ0n) is 14.4. The second-order valence-corrected chi connectivity index (χ2v) is 6.61. The van der Waals surface area contributed by atoms with E-state index in [2.05, 4.69) is 37.4 Å². The van der Waals surface area contributed by atoms with E-state index < -0.39 is 5.54 Å². The van der Waals surface area contributed by atoms with Crippen LogP contribution in [0.1, 0.15) is 55.2 Å². The Morgan fingerprint density at radius 1 is 1.17 bits per heavy atom. The first-order valence-electron chi connectivity index (χ1n) is 8.42. The zero-order chi connectivity index (χ0) is 16.9. The van der Waals surface area contributed by atoms with Gasteiger partial charge in [-0.3, -0.25) is 4.79 Å². The molecule has 126 valence electrons. The van der Waals surface area contributed by atoms with Crippen molar-refractivity contribution >= 4 is 11.9 Å². The van der Waals surface area contributed by atoms with Gasteiger partial charge in [-0.1, -0.05) is 43.0 Å². The van der Waals surface area contributed by atoms with Crippen molar-refractivity contribution < 1.29 is 14.3 Å². The molecule has 2 rings (SSSR count). The summed E-state index contributed by atoms with van der Waals surface area (Å²) in [4.78, 5) is 24.5. The van der Waals surface area contributed by atoms with Crippen LogP contribution in [0.4, 0.5) is 0 Å². The van der Waals surface area contributed by atoms with E-state index in [0.717, 1.165) is 19.3 Å². The van der Waals surface area contributed by atoms with Crippen molar-refractivity contribution in [2.45, 2.75) is 64.3 Å². The van der Waals surface area contributed by atoms with Crippen molar-refractivity contribution in [3.05, 3.63) is 34.9 Å². The van der Waals surface area contributed by atoms with E-state index >= 15 is 0 Å². The summed E-state index contributed by atoms with van der Waals surface area (Å²) >= 11 is 0. The summed E-state index contributed by atoms with van der Waals surface area (Å²) in [7, 11) is 1.39. The van der Waals surface area contributed by atoms with Crippen LogP contribution in [0.2, 0.25) is 0 Å². The van der Waals surface area contributed by atoms with Gasteiger partial charge in [0.05, 0.1) is 7.11 Å². The largest absolute Gasteiger partial charge is 0.467 e. The molecule has 1 aliphatic rings. The number of hydrogen-bond acceptors (Lipinski definition) is 3. The molecule has 1 amide bonds. The minimum absolute atomic E-state index is 0.0720. The fraction of sp³-hybridized carbons (Fsp3) is 0.579. The summed E-state index contributed by atoms with van der Waals surface area (Å²) in [5, 5.41) is 2.97. The molecule has 4 heteroatoms. The van der Waals surface area contributed by atoms with Gasteiger partial charge in [-0.05, 0) is 44.2 Å². The molecule has 0 aromatic heterocycles. The molecule has 1 fully saturated rings. The average Bonchev–Trinajstić information content (AvgIpc) is 2.54. The van der Waals surface area contributed by atoms with Crippen molar-refractivity contribution in [1.82, 2.24) is 5.32 Å². The van der Waals surface area contributed by atoms with Gasteiger partial charge in [0.2, 0.25) is 5.91 Å². The molecule has 1 N–H and O–H groups in total. The second kappa shape index (κ2) is 7.62. The van der Waals surface area contributed by atoms with Gasteiger partial charge in [0.1, 0.15) is 5.54 Å². The normalized spacial score (nSPS) is 16.7. The van der Waals surface area contributed by atoms with Crippen LogP contribution in [-0.2, 0) is 20.7 Å². The highest BCUT2D eigenvalue weighted by molar-refractivity contribution is 5.88. The Kier molecular flexibility index (Phi) is 5.80. The lowest BCUT2D eigenvalue weighted by Gasteiger charge is -2.35. The highest BCUT2D eigenvalue weighted by atomic mass is 16.5. The quantitative estimate of drug-likeness (QED) is 0.848. The first-order chi connectivity index (χ1) is 11.0. The number of methoxy groups -OCH3 is 1. The van der Waals surface area contributed by atoms with Gasteiger partial charge in [-0.25, -0.2) is 4.79 Å². The van der Waals surface area contributed by atoms with Gasteiger partial charge in [0, 0.05) is 6.42 Å². The Labute approximate surface area is 138 Å². The first-order valence-corrected chi connectivity index (χ1v) is 8.42. The van der Waals surface area contributed by atoms with E-state index in [1.807, 2.05) is 0 Å². The topological polar surface area (TPSA) is 55.4 Å². The molecule has 0 bridgehead atoms. The smallest absolute Gasteiger partial charge is 0.331 e. The summed E-state index contributed by atoms with van der Waals surface area (Å²) < 4.78 is 4.94. The highest BCUT2D eigenvalue weighted by Crippen LogP contribution is 2.29. The molecule has 0 spiro atoms. The van der Waals surface area contributed by atoms with Gasteiger partial charge in [0.25, 0.3) is 0 Å². The van der Waals surface area contributed by atoms with E-state index in [1.165, 1.54) is 23.8 Å². The molecule has 0 radical (unpaired) electrons. The fourth-order valence-corrected chi connectivity index (χ4v) is 3.43. The van der Waals surface area contributed by atoms with Crippen LogP contribution in [0.25, 0.3) is 0 Å². The molecule has 1 aliphatic carbocycles. The Morgan fingerprint density at radius 3 is 2.48 bits per heavy atom. The zero-order valence-corrected chi connectivity index (χ0v) is 14.4. The fourth-order valence-electron chi connectivity index (χ4n) is 3.43. The number of benzene rings is 1. The van der Waals surface area contributed by atoms with Crippen LogP contribution in [0.3, 0.4) is 0 Å². The van der Waals surface area contributed by atoms with E-state index in [9.17, 15) is 9.59 Å². The molecule has 1 aromatic rings. The van der Waals surface area contributed by atoms with E-state index in [0.29, 0.717) is 25.7 Å². The minimum atomic E-state index is -0.813.